The lowest BCUT2D eigenvalue weighted by Crippen LogP contribution is -2.22. The van der Waals surface area contributed by atoms with Crippen LogP contribution >= 0.6 is 0 Å². The predicted octanol–water partition coefficient (Wildman–Crippen LogP) is 2.47. The Morgan fingerprint density at radius 3 is 2.35 bits per heavy atom. The number of nitrogens with zero attached hydrogens (tertiary/aromatic N) is 4. The summed E-state index contributed by atoms with van der Waals surface area (Å²) < 4.78 is 1.96. The molecule has 5 heteroatoms. The Bertz CT molecular complexity index is 399. The molecular weight excluding hydrogens is 252 g/mol. The van der Waals surface area contributed by atoms with Crippen molar-refractivity contribution >= 4 is 5.91 Å². The van der Waals surface area contributed by atoms with E-state index in [0.29, 0.717) is 5.69 Å². The number of carbonyl (C=O) groups is 1. The molecule has 2 rings (SSSR count). The van der Waals surface area contributed by atoms with Crippen LogP contribution in [0.2, 0.25) is 0 Å². The zero-order valence-electron chi connectivity index (χ0n) is 14.1. The van der Waals surface area contributed by atoms with Crippen molar-refractivity contribution in [1.82, 2.24) is 19.6 Å². The molecule has 0 unspecified atom stereocenters. The smallest absolute Gasteiger partial charge is 0.273 e. The Kier molecular flexibility index (Phi) is 8.88. The minimum atomic E-state index is -0.0248. The van der Waals surface area contributed by atoms with E-state index >= 15 is 0 Å². The fraction of sp³-hybridized carbons (Fsp3) is 0.733. The molecule has 0 N–H and O–H groups in total. The summed E-state index contributed by atoms with van der Waals surface area (Å²) in [7, 11) is 5.59. The Balaban J connectivity index is 0.000000829. The normalized spacial score (nSPS) is 13.9. The monoisotopic (exact) mass is 282 g/mol. The number of hydrogen-bond donors (Lipinski definition) is 0. The van der Waals surface area contributed by atoms with Gasteiger partial charge in [0.25, 0.3) is 5.91 Å². The van der Waals surface area contributed by atoms with Gasteiger partial charge in [-0.25, -0.2) is 0 Å². The molecule has 5 nitrogen and oxygen atoms in total. The van der Waals surface area contributed by atoms with Crippen LogP contribution in [0.4, 0.5) is 0 Å². The van der Waals surface area contributed by atoms with E-state index in [0.717, 1.165) is 31.7 Å². The summed E-state index contributed by atoms with van der Waals surface area (Å²) in [6.07, 6.45) is 1.08. The van der Waals surface area contributed by atoms with Gasteiger partial charge >= 0.3 is 0 Å². The van der Waals surface area contributed by atoms with E-state index in [2.05, 4.69) is 17.0 Å². The molecule has 1 aromatic rings. The molecule has 0 saturated heterocycles. The molecule has 0 atom stereocenters. The second-order valence-corrected chi connectivity index (χ2v) is 4.53. The van der Waals surface area contributed by atoms with E-state index in [1.54, 1.807) is 19.0 Å². The van der Waals surface area contributed by atoms with Crippen LogP contribution in [0.25, 0.3) is 0 Å². The van der Waals surface area contributed by atoms with Crippen LogP contribution in [0.3, 0.4) is 0 Å². The molecule has 1 amide bonds. The van der Waals surface area contributed by atoms with Gasteiger partial charge in [-0.3, -0.25) is 9.48 Å². The highest BCUT2D eigenvalue weighted by atomic mass is 16.2. The third-order valence-corrected chi connectivity index (χ3v) is 2.83. The summed E-state index contributed by atoms with van der Waals surface area (Å²) in [5, 5.41) is 4.37. The number of aromatic nitrogens is 2. The number of fused-ring (bicyclic) bond motifs is 1. The summed E-state index contributed by atoms with van der Waals surface area (Å²) >= 11 is 0. The molecule has 1 aliphatic rings. The molecule has 0 radical (unpaired) electrons. The molecule has 1 aliphatic heterocycles. The van der Waals surface area contributed by atoms with Crippen LogP contribution in [0.5, 0.6) is 0 Å². The van der Waals surface area contributed by atoms with E-state index in [9.17, 15) is 4.79 Å². The molecule has 0 spiro atoms. The first kappa shape index (κ1) is 18.6. The van der Waals surface area contributed by atoms with Gasteiger partial charge in [-0.05, 0) is 19.5 Å². The van der Waals surface area contributed by atoms with E-state index in [-0.39, 0.29) is 5.91 Å². The number of rotatable bonds is 1. The van der Waals surface area contributed by atoms with Gasteiger partial charge in [0.1, 0.15) is 0 Å². The average molecular weight is 282 g/mol. The van der Waals surface area contributed by atoms with Crippen molar-refractivity contribution in [3.8, 4) is 0 Å². The van der Waals surface area contributed by atoms with Crippen LogP contribution in [0, 0.1) is 0 Å². The zero-order chi connectivity index (χ0) is 15.7. The number of hydrogen-bond acceptors (Lipinski definition) is 3. The number of amides is 1. The third kappa shape index (κ3) is 4.96. The minimum absolute atomic E-state index is 0.0248. The van der Waals surface area contributed by atoms with Crippen molar-refractivity contribution in [3.05, 3.63) is 17.5 Å². The number of carbonyl (C=O) groups excluding carboxylic acids is 1. The fourth-order valence-electron chi connectivity index (χ4n) is 1.96. The zero-order valence-corrected chi connectivity index (χ0v) is 14.1. The summed E-state index contributed by atoms with van der Waals surface area (Å²) in [6, 6.07) is 1.91. The third-order valence-electron chi connectivity index (χ3n) is 2.83. The van der Waals surface area contributed by atoms with E-state index in [4.69, 9.17) is 0 Å². The van der Waals surface area contributed by atoms with Gasteiger partial charge in [0.15, 0.2) is 5.69 Å². The maximum Gasteiger partial charge on any atom is 0.273 e. The standard InChI is InChI=1S/C11H18N4O.2C2H6/c1-13(2)11(16)10-7-9-8-14(3)5-4-6-15(9)12-10;2*1-2/h7H,4-6,8H2,1-3H3;2*1-2H3. The second kappa shape index (κ2) is 9.53. The quantitative estimate of drug-likeness (QED) is 0.794. The van der Waals surface area contributed by atoms with Gasteiger partial charge in [-0.1, -0.05) is 27.7 Å². The van der Waals surface area contributed by atoms with Crippen LogP contribution in [-0.4, -0.2) is 53.2 Å². The van der Waals surface area contributed by atoms with Crippen molar-refractivity contribution in [2.45, 2.75) is 47.2 Å². The van der Waals surface area contributed by atoms with Crippen LogP contribution in [0.1, 0.15) is 50.3 Å². The highest BCUT2D eigenvalue weighted by molar-refractivity contribution is 5.92. The molecule has 0 saturated carbocycles. The molecule has 0 fully saturated rings. The maximum atomic E-state index is 11.8. The summed E-state index contributed by atoms with van der Waals surface area (Å²) in [5.41, 5.74) is 1.68. The molecule has 20 heavy (non-hydrogen) atoms. The Morgan fingerprint density at radius 2 is 1.80 bits per heavy atom. The van der Waals surface area contributed by atoms with Crippen LogP contribution in [0.15, 0.2) is 6.07 Å². The lowest BCUT2D eigenvalue weighted by Gasteiger charge is -2.11. The van der Waals surface area contributed by atoms with Crippen molar-refractivity contribution in [2.24, 2.45) is 0 Å². The number of aryl methyl sites for hydroxylation is 1. The average Bonchev–Trinajstić information content (AvgIpc) is 2.77. The molecule has 116 valence electrons. The summed E-state index contributed by atoms with van der Waals surface area (Å²) in [4.78, 5) is 15.6. The Hall–Kier alpha value is -1.36. The summed E-state index contributed by atoms with van der Waals surface area (Å²) in [5.74, 6) is -0.0248. The van der Waals surface area contributed by atoms with Crippen molar-refractivity contribution < 1.29 is 4.79 Å². The largest absolute Gasteiger partial charge is 0.343 e. The van der Waals surface area contributed by atoms with Crippen molar-refractivity contribution in [3.63, 3.8) is 0 Å². The Morgan fingerprint density at radius 1 is 1.20 bits per heavy atom. The highest BCUT2D eigenvalue weighted by Gasteiger charge is 2.18. The fourth-order valence-corrected chi connectivity index (χ4v) is 1.96. The first-order chi connectivity index (χ1) is 9.58. The van der Waals surface area contributed by atoms with Gasteiger partial charge in [0.2, 0.25) is 0 Å². The van der Waals surface area contributed by atoms with Gasteiger partial charge in [0.05, 0.1) is 5.69 Å². The van der Waals surface area contributed by atoms with Gasteiger partial charge in [-0.15, -0.1) is 0 Å². The van der Waals surface area contributed by atoms with E-state index in [1.165, 1.54) is 0 Å². The maximum absolute atomic E-state index is 11.8. The van der Waals surface area contributed by atoms with Crippen LogP contribution < -0.4 is 0 Å². The van der Waals surface area contributed by atoms with Crippen LogP contribution in [-0.2, 0) is 13.1 Å². The van der Waals surface area contributed by atoms with Gasteiger partial charge in [0, 0.05) is 33.7 Å². The first-order valence-electron chi connectivity index (χ1n) is 7.55. The SMILES string of the molecule is CC.CC.CN1CCCn2nc(C(=O)N(C)C)cc2C1. The summed E-state index contributed by atoms with van der Waals surface area (Å²) in [6.45, 7) is 10.9. The molecule has 0 bridgehead atoms. The van der Waals surface area contributed by atoms with Gasteiger partial charge < -0.3 is 9.80 Å². The highest BCUT2D eigenvalue weighted by Crippen LogP contribution is 2.13. The Labute approximate surface area is 123 Å². The van der Waals surface area contributed by atoms with Gasteiger partial charge in [-0.2, -0.15) is 5.10 Å². The van der Waals surface area contributed by atoms with E-state index < -0.39 is 0 Å². The predicted molar refractivity (Wildman–Crippen MR) is 83.9 cm³/mol. The molecule has 0 aromatic carbocycles. The molecule has 0 aliphatic carbocycles. The molecule has 2 heterocycles. The molecular formula is C15H30N4O. The molecule has 1 aromatic heterocycles. The van der Waals surface area contributed by atoms with Crippen molar-refractivity contribution in [1.29, 1.82) is 0 Å². The lowest BCUT2D eigenvalue weighted by atomic mass is 10.3. The second-order valence-electron chi connectivity index (χ2n) is 4.53. The first-order valence-corrected chi connectivity index (χ1v) is 7.55. The van der Waals surface area contributed by atoms with Crippen molar-refractivity contribution in [2.75, 3.05) is 27.7 Å². The topological polar surface area (TPSA) is 41.4 Å². The minimum Gasteiger partial charge on any atom is -0.343 e. The lowest BCUT2D eigenvalue weighted by molar-refractivity contribution is 0.0821. The van der Waals surface area contributed by atoms with E-state index in [1.807, 2.05) is 38.4 Å².